The molecule has 0 bridgehead atoms. The molecule has 9 heteroatoms. The number of benzene rings is 1. The molecule has 0 radical (unpaired) electrons. The molecule has 0 spiro atoms. The summed E-state index contributed by atoms with van der Waals surface area (Å²) >= 11 is 0. The largest absolute Gasteiger partial charge is 0.370 e. The molecule has 2 rings (SSSR count). The van der Waals surface area contributed by atoms with Crippen molar-refractivity contribution in [1.82, 2.24) is 14.0 Å². The Morgan fingerprint density at radius 1 is 1.03 bits per heavy atom. The van der Waals surface area contributed by atoms with Crippen LogP contribution in [0.2, 0.25) is 0 Å². The Balaban J connectivity index is 1.87. The molecule has 1 aromatic carbocycles. The van der Waals surface area contributed by atoms with Crippen LogP contribution in [0, 0.1) is 10.1 Å². The van der Waals surface area contributed by atoms with E-state index in [4.69, 9.17) is 0 Å². The first-order valence-electron chi connectivity index (χ1n) is 10.3. The van der Waals surface area contributed by atoms with Crippen LogP contribution in [0.3, 0.4) is 0 Å². The summed E-state index contributed by atoms with van der Waals surface area (Å²) in [6.45, 7) is 5.47. The van der Waals surface area contributed by atoms with Gasteiger partial charge in [-0.05, 0) is 37.9 Å². The molecule has 1 N–H and O–H groups in total. The quantitative estimate of drug-likeness (QED) is 0.419. The Morgan fingerprint density at radius 2 is 1.70 bits per heavy atom. The van der Waals surface area contributed by atoms with Gasteiger partial charge in [0.15, 0.2) is 0 Å². The predicted octanol–water partition coefficient (Wildman–Crippen LogP) is 2.14. The molecule has 1 heterocycles. The van der Waals surface area contributed by atoms with Crippen LogP contribution in [0.25, 0.3) is 0 Å². The van der Waals surface area contributed by atoms with E-state index in [2.05, 4.69) is 17.1 Å². The third-order valence-electron chi connectivity index (χ3n) is 5.17. The van der Waals surface area contributed by atoms with Crippen LogP contribution in [-0.2, 0) is 20.5 Å². The average Bonchev–Trinajstić information content (AvgIpc) is 2.73. The van der Waals surface area contributed by atoms with E-state index in [-0.39, 0.29) is 21.9 Å². The third kappa shape index (κ3) is 6.55. The summed E-state index contributed by atoms with van der Waals surface area (Å²) in [5.41, 5.74) is 0.520. The Morgan fingerprint density at radius 3 is 2.33 bits per heavy atom. The Labute approximate surface area is 176 Å². The predicted molar refractivity (Wildman–Crippen MR) is 118 cm³/mol. The molecule has 9 nitrogen and oxygen atoms in total. The van der Waals surface area contributed by atoms with Crippen molar-refractivity contribution in [3.8, 4) is 0 Å². The van der Waals surface area contributed by atoms with Gasteiger partial charge in [-0.25, -0.2) is 4.79 Å². The topological polar surface area (TPSA) is 102 Å². The minimum Gasteiger partial charge on any atom is -0.370 e. The number of anilines is 1. The van der Waals surface area contributed by atoms with Gasteiger partial charge in [-0.3, -0.25) is 24.0 Å². The summed E-state index contributed by atoms with van der Waals surface area (Å²) in [4.78, 5) is 36.6. The number of aryl methyl sites for hydroxylation is 1. The second kappa shape index (κ2) is 11.3. The highest BCUT2D eigenvalue weighted by molar-refractivity contribution is 5.34. The lowest BCUT2D eigenvalue weighted by atomic mass is 10.1. The molecule has 1 aromatic heterocycles. The van der Waals surface area contributed by atoms with E-state index in [1.54, 1.807) is 19.2 Å². The standard InChI is InChI=1S/C21H31N5O4/c1-4-5-13-25(14-6-7-17-8-10-18(11-9-17)26(29)30)15-12-22-19-16-20(27)24(3)21(28)23(19)2/h8-11,16,22H,4-7,12-15H2,1-3H3. The van der Waals surface area contributed by atoms with E-state index in [0.29, 0.717) is 12.4 Å². The van der Waals surface area contributed by atoms with Gasteiger partial charge < -0.3 is 10.2 Å². The van der Waals surface area contributed by atoms with E-state index >= 15 is 0 Å². The highest BCUT2D eigenvalue weighted by atomic mass is 16.6. The van der Waals surface area contributed by atoms with Crippen molar-refractivity contribution >= 4 is 11.5 Å². The minimum atomic E-state index is -0.387. The maximum absolute atomic E-state index is 12.0. The summed E-state index contributed by atoms with van der Waals surface area (Å²) in [5, 5.41) is 13.9. The number of unbranched alkanes of at least 4 members (excludes halogenated alkanes) is 1. The van der Waals surface area contributed by atoms with Crippen molar-refractivity contribution < 1.29 is 4.92 Å². The second-order valence-corrected chi connectivity index (χ2v) is 7.42. The lowest BCUT2D eigenvalue weighted by molar-refractivity contribution is -0.384. The number of nitrogens with one attached hydrogen (secondary N) is 1. The molecule has 0 atom stereocenters. The highest BCUT2D eigenvalue weighted by Gasteiger charge is 2.09. The van der Waals surface area contributed by atoms with Gasteiger partial charge in [0.25, 0.3) is 11.2 Å². The number of aromatic nitrogens is 2. The molecule has 0 saturated heterocycles. The molecule has 2 aromatic rings. The number of non-ortho nitro benzene ring substituents is 1. The minimum absolute atomic E-state index is 0.111. The van der Waals surface area contributed by atoms with Crippen molar-refractivity contribution in [1.29, 1.82) is 0 Å². The van der Waals surface area contributed by atoms with Crippen molar-refractivity contribution in [2.45, 2.75) is 32.6 Å². The van der Waals surface area contributed by atoms with Crippen LogP contribution >= 0.6 is 0 Å². The molecule has 0 aliphatic carbocycles. The smallest absolute Gasteiger partial charge is 0.332 e. The lowest BCUT2D eigenvalue weighted by Gasteiger charge is -2.23. The zero-order chi connectivity index (χ0) is 22.1. The Kier molecular flexibility index (Phi) is 8.79. The monoisotopic (exact) mass is 417 g/mol. The molecule has 0 aliphatic rings. The number of nitrogens with zero attached hydrogens (tertiary/aromatic N) is 4. The first kappa shape index (κ1) is 23.3. The van der Waals surface area contributed by atoms with E-state index < -0.39 is 0 Å². The van der Waals surface area contributed by atoms with Crippen molar-refractivity contribution in [2.75, 3.05) is 31.5 Å². The number of rotatable bonds is 12. The van der Waals surface area contributed by atoms with E-state index in [0.717, 1.165) is 55.4 Å². The van der Waals surface area contributed by atoms with Crippen LogP contribution in [0.15, 0.2) is 39.9 Å². The third-order valence-corrected chi connectivity index (χ3v) is 5.17. The van der Waals surface area contributed by atoms with Gasteiger partial charge in [-0.15, -0.1) is 0 Å². The van der Waals surface area contributed by atoms with Crippen LogP contribution in [-0.4, -0.2) is 45.1 Å². The average molecular weight is 418 g/mol. The molecule has 30 heavy (non-hydrogen) atoms. The summed E-state index contributed by atoms with van der Waals surface area (Å²) < 4.78 is 2.52. The fourth-order valence-corrected chi connectivity index (χ4v) is 3.25. The second-order valence-electron chi connectivity index (χ2n) is 7.42. The van der Waals surface area contributed by atoms with E-state index in [1.807, 2.05) is 12.1 Å². The van der Waals surface area contributed by atoms with Crippen LogP contribution in [0.1, 0.15) is 31.7 Å². The van der Waals surface area contributed by atoms with Gasteiger partial charge in [-0.1, -0.05) is 25.5 Å². The number of nitro groups is 1. The maximum atomic E-state index is 12.0. The van der Waals surface area contributed by atoms with Crippen molar-refractivity contribution in [3.05, 3.63) is 66.8 Å². The number of hydrogen-bond donors (Lipinski definition) is 1. The van der Waals surface area contributed by atoms with Gasteiger partial charge in [0, 0.05) is 45.4 Å². The molecule has 0 saturated carbocycles. The summed E-state index contributed by atoms with van der Waals surface area (Å²) in [6, 6.07) is 8.15. The maximum Gasteiger partial charge on any atom is 0.332 e. The molecule has 0 fully saturated rings. The fourth-order valence-electron chi connectivity index (χ4n) is 3.25. The fraction of sp³-hybridized carbons (Fsp3) is 0.524. The SMILES string of the molecule is CCCCN(CCCc1ccc([N+](=O)[O-])cc1)CCNc1cc(=O)n(C)c(=O)n1C. The first-order chi connectivity index (χ1) is 14.3. The molecule has 0 unspecified atom stereocenters. The van der Waals surface area contributed by atoms with Gasteiger partial charge in [-0.2, -0.15) is 0 Å². The van der Waals surface area contributed by atoms with Crippen LogP contribution < -0.4 is 16.6 Å². The van der Waals surface area contributed by atoms with Gasteiger partial charge in [0.1, 0.15) is 5.82 Å². The zero-order valence-corrected chi connectivity index (χ0v) is 18.0. The first-order valence-corrected chi connectivity index (χ1v) is 10.3. The summed E-state index contributed by atoms with van der Waals surface area (Å²) in [7, 11) is 3.11. The van der Waals surface area contributed by atoms with Crippen LogP contribution in [0.4, 0.5) is 11.5 Å². The van der Waals surface area contributed by atoms with Crippen molar-refractivity contribution in [2.24, 2.45) is 14.1 Å². The molecule has 0 aliphatic heterocycles. The van der Waals surface area contributed by atoms with E-state index in [9.17, 15) is 19.7 Å². The van der Waals surface area contributed by atoms with Gasteiger partial charge in [0.2, 0.25) is 0 Å². The van der Waals surface area contributed by atoms with Gasteiger partial charge in [0.05, 0.1) is 4.92 Å². The zero-order valence-electron chi connectivity index (χ0n) is 18.0. The van der Waals surface area contributed by atoms with Crippen LogP contribution in [0.5, 0.6) is 0 Å². The molecular formula is C21H31N5O4. The Bertz CT molecular complexity index is 949. The molecule has 0 amide bonds. The number of nitro benzene ring substituents is 1. The number of hydrogen-bond acceptors (Lipinski definition) is 6. The Hall–Kier alpha value is -2.94. The van der Waals surface area contributed by atoms with Crippen molar-refractivity contribution in [3.63, 3.8) is 0 Å². The summed E-state index contributed by atoms with van der Waals surface area (Å²) in [5.74, 6) is 0.518. The normalized spacial score (nSPS) is 11.1. The van der Waals surface area contributed by atoms with Gasteiger partial charge >= 0.3 is 5.69 Å². The molecular weight excluding hydrogens is 386 g/mol. The lowest BCUT2D eigenvalue weighted by Crippen LogP contribution is -2.38. The highest BCUT2D eigenvalue weighted by Crippen LogP contribution is 2.13. The summed E-state index contributed by atoms with van der Waals surface area (Å²) in [6.07, 6.45) is 4.01. The molecule has 164 valence electrons. The van der Waals surface area contributed by atoms with E-state index in [1.165, 1.54) is 17.7 Å².